The molecule has 2 aliphatic rings. The molecule has 5 rings (SSSR count). The highest BCUT2D eigenvalue weighted by molar-refractivity contribution is 6.29. The van der Waals surface area contributed by atoms with Crippen LogP contribution in [-0.4, -0.2) is 47.0 Å². The van der Waals surface area contributed by atoms with Crippen LogP contribution >= 0.6 is 11.6 Å². The number of amides is 2. The molecule has 1 N–H and O–H groups in total. The van der Waals surface area contributed by atoms with Gasteiger partial charge in [0.25, 0.3) is 5.69 Å². The Labute approximate surface area is 231 Å². The van der Waals surface area contributed by atoms with E-state index in [-0.39, 0.29) is 22.1 Å². The van der Waals surface area contributed by atoms with Crippen molar-refractivity contribution in [3.8, 4) is 6.07 Å². The number of urea groups is 1. The fourth-order valence-corrected chi connectivity index (χ4v) is 5.57. The highest BCUT2D eigenvalue weighted by Gasteiger charge is 2.47. The summed E-state index contributed by atoms with van der Waals surface area (Å²) in [5, 5.41) is 23.8. The average Bonchev–Trinajstić information content (AvgIpc) is 3.26. The van der Waals surface area contributed by atoms with E-state index in [0.29, 0.717) is 23.8 Å². The molecule has 3 heterocycles. The van der Waals surface area contributed by atoms with E-state index in [1.165, 1.54) is 6.07 Å². The van der Waals surface area contributed by atoms with Crippen LogP contribution in [0.15, 0.2) is 66.9 Å². The minimum atomic E-state index is -0.382. The van der Waals surface area contributed by atoms with Gasteiger partial charge >= 0.3 is 6.03 Å². The van der Waals surface area contributed by atoms with Crippen LogP contribution in [-0.2, 0) is 12.0 Å². The zero-order valence-electron chi connectivity index (χ0n) is 21.2. The third-order valence-corrected chi connectivity index (χ3v) is 7.73. The number of benzene rings is 2. The molecule has 2 aromatic carbocycles. The Bertz CT molecular complexity index is 1460. The van der Waals surface area contributed by atoms with Crippen LogP contribution < -0.4 is 10.2 Å². The van der Waals surface area contributed by atoms with Gasteiger partial charge < -0.3 is 5.32 Å². The first-order valence-corrected chi connectivity index (χ1v) is 13.1. The number of nitriles is 1. The number of carbonyl (C=O) groups is 1. The number of fused-ring (bicyclic) bond motifs is 2. The Balaban J connectivity index is 1.28. The minimum Gasteiger partial charge on any atom is -0.334 e. The summed E-state index contributed by atoms with van der Waals surface area (Å²) in [5.41, 5.74) is 3.79. The summed E-state index contributed by atoms with van der Waals surface area (Å²) in [7, 11) is 0. The Hall–Kier alpha value is -4.26. The van der Waals surface area contributed by atoms with Crippen LogP contribution in [0.3, 0.4) is 0 Å². The van der Waals surface area contributed by atoms with Crippen molar-refractivity contribution in [2.75, 3.05) is 31.1 Å². The van der Waals surface area contributed by atoms with Gasteiger partial charge in [-0.2, -0.15) is 5.26 Å². The Morgan fingerprint density at radius 1 is 1.18 bits per heavy atom. The van der Waals surface area contributed by atoms with Gasteiger partial charge in [0, 0.05) is 49.1 Å². The lowest BCUT2D eigenvalue weighted by Crippen LogP contribution is -2.47. The molecule has 1 spiro atoms. The lowest BCUT2D eigenvalue weighted by molar-refractivity contribution is -0.384. The second-order valence-electron chi connectivity index (χ2n) is 9.91. The van der Waals surface area contributed by atoms with E-state index >= 15 is 0 Å². The predicted molar refractivity (Wildman–Crippen MR) is 149 cm³/mol. The smallest absolute Gasteiger partial charge is 0.322 e. The van der Waals surface area contributed by atoms with Gasteiger partial charge in [-0.1, -0.05) is 35.9 Å². The van der Waals surface area contributed by atoms with Crippen LogP contribution in [0.4, 0.5) is 16.2 Å². The van der Waals surface area contributed by atoms with Gasteiger partial charge in [0.1, 0.15) is 5.15 Å². The van der Waals surface area contributed by atoms with E-state index in [1.54, 1.807) is 47.5 Å². The van der Waals surface area contributed by atoms with E-state index < -0.39 is 0 Å². The molecule has 0 aliphatic carbocycles. The number of carbonyl (C=O) groups excluding carboxylic acids is 1. The molecule has 2 amide bonds. The van der Waals surface area contributed by atoms with Crippen LogP contribution in [0.1, 0.15) is 35.1 Å². The molecule has 0 unspecified atom stereocenters. The molecular weight excluding hydrogens is 516 g/mol. The summed E-state index contributed by atoms with van der Waals surface area (Å²) in [5.74, 6) is 0. The Morgan fingerprint density at radius 3 is 2.64 bits per heavy atom. The van der Waals surface area contributed by atoms with Crippen LogP contribution in [0.5, 0.6) is 0 Å². The van der Waals surface area contributed by atoms with Gasteiger partial charge in [-0.3, -0.25) is 19.9 Å². The summed E-state index contributed by atoms with van der Waals surface area (Å²) in [4.78, 5) is 32.5. The van der Waals surface area contributed by atoms with E-state index in [1.807, 2.05) is 18.2 Å². The maximum Gasteiger partial charge on any atom is 0.322 e. The van der Waals surface area contributed by atoms with Crippen molar-refractivity contribution in [3.63, 3.8) is 0 Å². The maximum atomic E-state index is 13.3. The number of hydrogen-bond acceptors (Lipinski definition) is 6. The predicted octanol–water partition coefficient (Wildman–Crippen LogP) is 5.29. The summed E-state index contributed by atoms with van der Waals surface area (Å²) in [6.07, 6.45) is 7.32. The lowest BCUT2D eigenvalue weighted by Gasteiger charge is -2.39. The van der Waals surface area contributed by atoms with Crippen LogP contribution in [0.25, 0.3) is 6.08 Å². The topological polar surface area (TPSA) is 115 Å². The number of piperidine rings is 1. The quantitative estimate of drug-likeness (QED) is 0.257. The van der Waals surface area contributed by atoms with Gasteiger partial charge in [0.05, 0.1) is 16.6 Å². The first-order valence-electron chi connectivity index (χ1n) is 12.7. The van der Waals surface area contributed by atoms with Crippen molar-refractivity contribution in [1.29, 1.82) is 5.26 Å². The van der Waals surface area contributed by atoms with E-state index in [4.69, 9.17) is 16.9 Å². The van der Waals surface area contributed by atoms with Crippen LogP contribution in [0, 0.1) is 21.4 Å². The fourth-order valence-electron chi connectivity index (χ4n) is 5.38. The second-order valence-corrected chi connectivity index (χ2v) is 10.3. The molecule has 1 fully saturated rings. The van der Waals surface area contributed by atoms with E-state index in [9.17, 15) is 14.9 Å². The first-order chi connectivity index (χ1) is 18.9. The highest BCUT2D eigenvalue weighted by Crippen LogP contribution is 2.48. The number of anilines is 1. The van der Waals surface area contributed by atoms with Crippen LogP contribution in [0.2, 0.25) is 5.15 Å². The third-order valence-electron chi connectivity index (χ3n) is 7.52. The highest BCUT2D eigenvalue weighted by atomic mass is 35.5. The van der Waals surface area contributed by atoms with Crippen molar-refractivity contribution >= 4 is 35.1 Å². The molecule has 1 saturated heterocycles. The zero-order chi connectivity index (χ0) is 27.4. The Kier molecular flexibility index (Phi) is 7.59. The largest absolute Gasteiger partial charge is 0.334 e. The number of nitro benzene ring substituents is 1. The number of nitrogens with zero attached hydrogens (tertiary/aromatic N) is 5. The molecule has 9 nitrogen and oxygen atoms in total. The first kappa shape index (κ1) is 26.4. The summed E-state index contributed by atoms with van der Waals surface area (Å²) in [6, 6.07) is 17.6. The van der Waals surface area contributed by atoms with E-state index in [2.05, 4.69) is 27.3 Å². The number of non-ortho nitro benzene ring substituents is 1. The molecule has 198 valence electrons. The Morgan fingerprint density at radius 2 is 1.95 bits per heavy atom. The van der Waals surface area contributed by atoms with E-state index in [0.717, 1.165) is 54.9 Å². The van der Waals surface area contributed by atoms with Crippen molar-refractivity contribution in [3.05, 3.63) is 104 Å². The number of hydrogen-bond donors (Lipinski definition) is 1. The summed E-state index contributed by atoms with van der Waals surface area (Å²) in [6.45, 7) is 3.17. The number of nitrogens with one attached hydrogen (secondary N) is 1. The van der Waals surface area contributed by atoms with Crippen molar-refractivity contribution in [1.82, 2.24) is 15.2 Å². The summed E-state index contributed by atoms with van der Waals surface area (Å²) >= 11 is 5.97. The molecule has 0 radical (unpaired) electrons. The number of likely N-dealkylation sites (tertiary alicyclic amines) is 1. The van der Waals surface area contributed by atoms with Gasteiger partial charge in [-0.25, -0.2) is 9.78 Å². The number of nitro groups is 1. The molecule has 3 aromatic rings. The normalized spacial score (nSPS) is 16.3. The second kappa shape index (κ2) is 11.2. The number of halogens is 1. The minimum absolute atomic E-state index is 0.0367. The van der Waals surface area contributed by atoms with Crippen molar-refractivity contribution < 1.29 is 9.72 Å². The van der Waals surface area contributed by atoms with Crippen molar-refractivity contribution in [2.45, 2.75) is 24.8 Å². The third kappa shape index (κ3) is 5.77. The SMILES string of the molecule is N#Cc1ccc(/C=C/CN2CCC3(CC2)CN(C(=O)NCc2ccnc(Cl)c2)c2ccc([N+](=O)[O-])cc23)cc1. The zero-order valence-corrected chi connectivity index (χ0v) is 22.0. The van der Waals surface area contributed by atoms with Crippen molar-refractivity contribution in [2.24, 2.45) is 0 Å². The molecule has 0 atom stereocenters. The molecular formula is C29H27ClN6O3. The van der Waals surface area contributed by atoms with Gasteiger partial charge in [0.15, 0.2) is 0 Å². The standard InChI is InChI=1S/C29H27ClN6O3/c30-27-16-23(9-12-32-27)19-33-28(37)35-20-29(25-17-24(36(38)39)7-8-26(25)35)10-14-34(15-11-29)13-1-2-21-3-5-22(18-31)6-4-21/h1-9,12,16-17H,10-11,13-15,19-20H2,(H,33,37)/b2-1+. The number of aromatic nitrogens is 1. The molecule has 0 bridgehead atoms. The maximum absolute atomic E-state index is 13.3. The number of pyridine rings is 1. The fraction of sp³-hybridized carbons (Fsp3) is 0.276. The van der Waals surface area contributed by atoms with Gasteiger partial charge in [0.2, 0.25) is 0 Å². The molecule has 10 heteroatoms. The average molecular weight is 543 g/mol. The summed E-state index contributed by atoms with van der Waals surface area (Å²) < 4.78 is 0. The number of rotatable bonds is 6. The molecule has 1 aromatic heterocycles. The van der Waals surface area contributed by atoms with Gasteiger partial charge in [-0.05, 0) is 73.0 Å². The molecule has 39 heavy (non-hydrogen) atoms. The molecule has 0 saturated carbocycles. The molecule has 2 aliphatic heterocycles. The lowest BCUT2D eigenvalue weighted by atomic mass is 9.74. The monoisotopic (exact) mass is 542 g/mol. The van der Waals surface area contributed by atoms with Gasteiger partial charge in [-0.15, -0.1) is 0 Å².